The van der Waals surface area contributed by atoms with E-state index in [0.717, 1.165) is 6.07 Å². The zero-order chi connectivity index (χ0) is 14.7. The number of alkyl halides is 3. The second kappa shape index (κ2) is 5.66. The van der Waals surface area contributed by atoms with Gasteiger partial charge in [0.15, 0.2) is 6.61 Å². The van der Waals surface area contributed by atoms with E-state index in [1.807, 2.05) is 0 Å². The number of benzene rings is 1. The number of rotatable bonds is 5. The maximum absolute atomic E-state index is 12.0. The van der Waals surface area contributed by atoms with E-state index in [4.69, 9.17) is 5.73 Å². The van der Waals surface area contributed by atoms with Gasteiger partial charge in [-0.05, 0) is 12.1 Å². The molecule has 1 aromatic rings. The van der Waals surface area contributed by atoms with Crippen molar-refractivity contribution in [2.24, 2.45) is 0 Å². The summed E-state index contributed by atoms with van der Waals surface area (Å²) >= 11 is 0. The van der Waals surface area contributed by atoms with Crippen LogP contribution in [0.4, 0.5) is 18.9 Å². The summed E-state index contributed by atoms with van der Waals surface area (Å²) in [6, 6.07) is 3.32. The molecule has 0 radical (unpaired) electrons. The number of hydrogen-bond donors (Lipinski definition) is 2. The van der Waals surface area contributed by atoms with Gasteiger partial charge < -0.3 is 10.5 Å². The zero-order valence-corrected chi connectivity index (χ0v) is 10.8. The molecule has 19 heavy (non-hydrogen) atoms. The minimum absolute atomic E-state index is 0.0697. The van der Waals surface area contributed by atoms with Gasteiger partial charge in [0.2, 0.25) is 10.0 Å². The Balaban J connectivity index is 3.01. The molecule has 0 saturated carbocycles. The van der Waals surface area contributed by atoms with Crippen molar-refractivity contribution >= 4 is 15.7 Å². The minimum atomic E-state index is -4.52. The van der Waals surface area contributed by atoms with Crippen LogP contribution in [0.2, 0.25) is 0 Å². The van der Waals surface area contributed by atoms with E-state index in [0.29, 0.717) is 0 Å². The fourth-order valence-electron chi connectivity index (χ4n) is 1.24. The molecular weight excluding hydrogens is 285 g/mol. The number of nitrogens with one attached hydrogen (secondary N) is 1. The van der Waals surface area contributed by atoms with E-state index < -0.39 is 22.8 Å². The van der Waals surface area contributed by atoms with Gasteiger partial charge in [-0.25, -0.2) is 13.1 Å². The second-order valence-electron chi connectivity index (χ2n) is 3.60. The lowest BCUT2D eigenvalue weighted by atomic mass is 10.3. The van der Waals surface area contributed by atoms with E-state index >= 15 is 0 Å². The van der Waals surface area contributed by atoms with Crippen molar-refractivity contribution in [2.75, 3.05) is 18.9 Å². The molecule has 0 bridgehead atoms. The average molecular weight is 298 g/mol. The second-order valence-corrected chi connectivity index (χ2v) is 5.37. The molecule has 0 saturated heterocycles. The normalized spacial score (nSPS) is 12.4. The van der Waals surface area contributed by atoms with E-state index in [-0.39, 0.29) is 22.9 Å². The highest BCUT2D eigenvalue weighted by Gasteiger charge is 2.29. The summed E-state index contributed by atoms with van der Waals surface area (Å²) in [5, 5.41) is 0. The number of anilines is 1. The average Bonchev–Trinajstić information content (AvgIpc) is 2.26. The molecule has 1 aromatic carbocycles. The Kier molecular flexibility index (Phi) is 4.64. The summed E-state index contributed by atoms with van der Waals surface area (Å²) in [4.78, 5) is -0.208. The van der Waals surface area contributed by atoms with Gasteiger partial charge in [0.1, 0.15) is 5.75 Å². The van der Waals surface area contributed by atoms with Gasteiger partial charge in [-0.15, -0.1) is 0 Å². The summed E-state index contributed by atoms with van der Waals surface area (Å²) in [6.07, 6.45) is -4.52. The summed E-state index contributed by atoms with van der Waals surface area (Å²) < 4.78 is 66.1. The van der Waals surface area contributed by atoms with Crippen molar-refractivity contribution in [1.29, 1.82) is 0 Å². The van der Waals surface area contributed by atoms with Crippen molar-refractivity contribution in [3.05, 3.63) is 18.2 Å². The number of nitrogens with two attached hydrogens (primary N) is 1. The lowest BCUT2D eigenvalue weighted by molar-refractivity contribution is -0.153. The molecule has 0 spiro atoms. The topological polar surface area (TPSA) is 81.4 Å². The van der Waals surface area contributed by atoms with Gasteiger partial charge in [0.25, 0.3) is 0 Å². The van der Waals surface area contributed by atoms with Crippen LogP contribution < -0.4 is 15.2 Å². The number of hydrogen-bond acceptors (Lipinski definition) is 4. The fraction of sp³-hybridized carbons (Fsp3) is 0.400. The summed E-state index contributed by atoms with van der Waals surface area (Å²) in [6.45, 7) is 0.198. The monoisotopic (exact) mass is 298 g/mol. The van der Waals surface area contributed by atoms with Gasteiger partial charge >= 0.3 is 6.18 Å². The van der Waals surface area contributed by atoms with Gasteiger partial charge in [-0.2, -0.15) is 13.2 Å². The third-order valence-electron chi connectivity index (χ3n) is 2.02. The lowest BCUT2D eigenvalue weighted by Gasteiger charge is -2.12. The van der Waals surface area contributed by atoms with Crippen LogP contribution in [0.3, 0.4) is 0 Å². The highest BCUT2D eigenvalue weighted by atomic mass is 32.2. The summed E-state index contributed by atoms with van der Waals surface area (Å²) in [5.41, 5.74) is 5.36. The molecule has 1 rings (SSSR count). The number of ether oxygens (including phenoxy) is 1. The molecule has 9 heteroatoms. The lowest BCUT2D eigenvalue weighted by Crippen LogP contribution is -2.23. The molecule has 0 aliphatic rings. The van der Waals surface area contributed by atoms with Crippen LogP contribution in [-0.4, -0.2) is 27.7 Å². The molecule has 0 heterocycles. The van der Waals surface area contributed by atoms with E-state index in [2.05, 4.69) is 9.46 Å². The van der Waals surface area contributed by atoms with Crippen LogP contribution >= 0.6 is 0 Å². The van der Waals surface area contributed by atoms with Crippen molar-refractivity contribution in [2.45, 2.75) is 18.0 Å². The Morgan fingerprint density at radius 1 is 1.37 bits per heavy atom. The predicted molar refractivity (Wildman–Crippen MR) is 63.3 cm³/mol. The van der Waals surface area contributed by atoms with Crippen LogP contribution in [0.1, 0.15) is 6.92 Å². The Hall–Kier alpha value is -1.48. The van der Waals surface area contributed by atoms with Crippen LogP contribution in [0.25, 0.3) is 0 Å². The minimum Gasteiger partial charge on any atom is -0.482 e. The first-order valence-corrected chi connectivity index (χ1v) is 6.73. The SMILES string of the molecule is CCNS(=O)(=O)c1ccc(N)c(OCC(F)(F)F)c1. The highest BCUT2D eigenvalue weighted by molar-refractivity contribution is 7.89. The molecule has 0 unspecified atom stereocenters. The largest absolute Gasteiger partial charge is 0.482 e. The van der Waals surface area contributed by atoms with E-state index in [1.165, 1.54) is 12.1 Å². The quantitative estimate of drug-likeness (QED) is 0.807. The maximum atomic E-state index is 12.0. The van der Waals surface area contributed by atoms with Crippen LogP contribution in [-0.2, 0) is 10.0 Å². The molecule has 0 aliphatic heterocycles. The molecule has 3 N–H and O–H groups in total. The van der Waals surface area contributed by atoms with Crippen LogP contribution in [0.5, 0.6) is 5.75 Å². The molecule has 0 atom stereocenters. The molecule has 0 aromatic heterocycles. The predicted octanol–water partition coefficient (Wildman–Crippen LogP) is 1.51. The molecule has 5 nitrogen and oxygen atoms in total. The van der Waals surface area contributed by atoms with Gasteiger partial charge in [-0.3, -0.25) is 0 Å². The smallest absolute Gasteiger partial charge is 0.422 e. The summed E-state index contributed by atoms with van der Waals surface area (Å²) in [7, 11) is -3.77. The van der Waals surface area contributed by atoms with Gasteiger partial charge in [0.05, 0.1) is 10.6 Å². The molecule has 108 valence electrons. The van der Waals surface area contributed by atoms with Crippen LogP contribution in [0.15, 0.2) is 23.1 Å². The van der Waals surface area contributed by atoms with Crippen molar-refractivity contribution in [3.63, 3.8) is 0 Å². The van der Waals surface area contributed by atoms with E-state index in [1.54, 1.807) is 6.92 Å². The molecule has 0 fully saturated rings. The number of nitrogen functional groups attached to an aromatic ring is 1. The first kappa shape index (κ1) is 15.6. The first-order chi connectivity index (χ1) is 8.65. The van der Waals surface area contributed by atoms with Crippen molar-refractivity contribution in [3.8, 4) is 5.75 Å². The number of halogens is 3. The third-order valence-corrected chi connectivity index (χ3v) is 3.56. The Morgan fingerprint density at radius 2 is 2.00 bits per heavy atom. The molecule has 0 amide bonds. The van der Waals surface area contributed by atoms with Crippen LogP contribution in [0, 0.1) is 0 Å². The zero-order valence-electron chi connectivity index (χ0n) is 9.99. The van der Waals surface area contributed by atoms with Crippen molar-refractivity contribution in [1.82, 2.24) is 4.72 Å². The maximum Gasteiger partial charge on any atom is 0.422 e. The Labute approximate surface area is 108 Å². The van der Waals surface area contributed by atoms with E-state index in [9.17, 15) is 21.6 Å². The van der Waals surface area contributed by atoms with Crippen molar-refractivity contribution < 1.29 is 26.3 Å². The van der Waals surface area contributed by atoms with Gasteiger partial charge in [0, 0.05) is 12.6 Å². The number of sulfonamides is 1. The first-order valence-electron chi connectivity index (χ1n) is 5.24. The summed E-state index contributed by atoms with van der Waals surface area (Å²) in [5.74, 6) is -0.323. The third kappa shape index (κ3) is 4.60. The molecule has 0 aliphatic carbocycles. The standard InChI is InChI=1S/C10H13F3N2O3S/c1-2-15-19(16,17)7-3-4-8(14)9(5-7)18-6-10(11,12)13/h3-5,15H,2,6,14H2,1H3. The Bertz CT molecular complexity index is 543. The van der Waals surface area contributed by atoms with Gasteiger partial charge in [-0.1, -0.05) is 6.92 Å². The fourth-order valence-corrected chi connectivity index (χ4v) is 2.30. The highest BCUT2D eigenvalue weighted by Crippen LogP contribution is 2.27. The molecular formula is C10H13F3N2O3S. The Morgan fingerprint density at radius 3 is 2.53 bits per heavy atom.